The lowest BCUT2D eigenvalue weighted by Crippen LogP contribution is -2.01. The number of ether oxygens (including phenoxy) is 2. The van der Waals surface area contributed by atoms with E-state index in [-0.39, 0.29) is 6.61 Å². The fraction of sp³-hybridized carbons (Fsp3) is 0.200. The molecule has 0 atom stereocenters. The van der Waals surface area contributed by atoms with Crippen LogP contribution in [0.25, 0.3) is 0 Å². The van der Waals surface area contributed by atoms with E-state index in [0.717, 1.165) is 5.56 Å². The van der Waals surface area contributed by atoms with Crippen molar-refractivity contribution in [3.63, 3.8) is 0 Å². The van der Waals surface area contributed by atoms with Crippen molar-refractivity contribution < 1.29 is 13.9 Å². The van der Waals surface area contributed by atoms with Gasteiger partial charge in [0.1, 0.15) is 12.4 Å². The van der Waals surface area contributed by atoms with E-state index in [2.05, 4.69) is 0 Å². The number of rotatable bonds is 5. The Bertz CT molecular complexity index is 647. The Kier molecular flexibility index (Phi) is 5.57. The van der Waals surface area contributed by atoms with Gasteiger partial charge in [0.25, 0.3) is 0 Å². The maximum atomic E-state index is 13.7. The van der Waals surface area contributed by atoms with Crippen LogP contribution in [0, 0.1) is 5.82 Å². The van der Waals surface area contributed by atoms with Gasteiger partial charge < -0.3 is 9.47 Å². The number of alkyl halides is 1. The van der Waals surface area contributed by atoms with Crippen molar-refractivity contribution in [3.8, 4) is 11.5 Å². The normalized spacial score (nSPS) is 10.5. The van der Waals surface area contributed by atoms with Crippen LogP contribution in [0.2, 0.25) is 10.0 Å². The summed E-state index contributed by atoms with van der Waals surface area (Å²) in [6.45, 7) is 0.0132. The van der Waals surface area contributed by atoms with Crippen molar-refractivity contribution in [1.29, 1.82) is 0 Å². The molecule has 0 amide bonds. The predicted molar refractivity (Wildman–Crippen MR) is 83.3 cm³/mol. The number of benzene rings is 2. The van der Waals surface area contributed by atoms with Crippen LogP contribution in [0.4, 0.5) is 4.39 Å². The highest BCUT2D eigenvalue weighted by Gasteiger charge is 2.13. The molecule has 0 fully saturated rings. The van der Waals surface area contributed by atoms with Crippen LogP contribution in [-0.4, -0.2) is 7.11 Å². The van der Waals surface area contributed by atoms with E-state index >= 15 is 0 Å². The fourth-order valence-electron chi connectivity index (χ4n) is 1.78. The molecule has 0 saturated carbocycles. The lowest BCUT2D eigenvalue weighted by atomic mass is 10.2. The van der Waals surface area contributed by atoms with E-state index in [4.69, 9.17) is 44.3 Å². The third-order valence-corrected chi connectivity index (χ3v) is 3.66. The highest BCUT2D eigenvalue weighted by atomic mass is 35.5. The third kappa shape index (κ3) is 3.94. The molecule has 6 heteroatoms. The molecule has 0 N–H and O–H groups in total. The molecule has 0 aromatic heterocycles. The minimum absolute atomic E-state index is 0.0132. The van der Waals surface area contributed by atoms with Crippen molar-refractivity contribution in [2.75, 3.05) is 7.11 Å². The van der Waals surface area contributed by atoms with Gasteiger partial charge in [-0.25, -0.2) is 4.39 Å². The van der Waals surface area contributed by atoms with Gasteiger partial charge in [-0.05, 0) is 29.8 Å². The maximum absolute atomic E-state index is 13.7. The first-order chi connectivity index (χ1) is 10.0. The van der Waals surface area contributed by atoms with Crippen molar-refractivity contribution in [2.24, 2.45) is 0 Å². The molecule has 21 heavy (non-hydrogen) atoms. The van der Waals surface area contributed by atoms with Crippen molar-refractivity contribution >= 4 is 34.8 Å². The summed E-state index contributed by atoms with van der Waals surface area (Å²) >= 11 is 17.6. The molecule has 0 saturated heterocycles. The third-order valence-electron chi connectivity index (χ3n) is 2.83. The summed E-state index contributed by atoms with van der Waals surface area (Å²) in [4.78, 5) is 0. The molecule has 0 spiro atoms. The number of methoxy groups -OCH3 is 1. The second-order valence-corrected chi connectivity index (χ2v) is 5.38. The number of halogens is 4. The van der Waals surface area contributed by atoms with Crippen LogP contribution >= 0.6 is 34.8 Å². The van der Waals surface area contributed by atoms with Gasteiger partial charge in [-0.2, -0.15) is 0 Å². The molecule has 0 heterocycles. The number of hydrogen-bond acceptors (Lipinski definition) is 2. The van der Waals surface area contributed by atoms with E-state index < -0.39 is 5.82 Å². The molecule has 2 rings (SSSR count). The van der Waals surface area contributed by atoms with Crippen LogP contribution in [0.3, 0.4) is 0 Å². The second-order valence-electron chi connectivity index (χ2n) is 4.27. The lowest BCUT2D eigenvalue weighted by molar-refractivity contribution is 0.280. The zero-order valence-electron chi connectivity index (χ0n) is 11.1. The van der Waals surface area contributed by atoms with Crippen molar-refractivity contribution in [2.45, 2.75) is 12.5 Å². The highest BCUT2D eigenvalue weighted by Crippen LogP contribution is 2.37. The SMILES string of the molecule is COc1cc(CCl)cc(Cl)c1OCc1ccc(Cl)cc1F. The Morgan fingerprint density at radius 3 is 2.52 bits per heavy atom. The van der Waals surface area contributed by atoms with Gasteiger partial charge in [-0.3, -0.25) is 0 Å². The molecule has 0 unspecified atom stereocenters. The van der Waals surface area contributed by atoms with Gasteiger partial charge in [0, 0.05) is 16.5 Å². The standard InChI is InChI=1S/C15H12Cl3FO2/c1-20-14-5-9(7-16)4-12(18)15(14)21-8-10-2-3-11(17)6-13(10)19/h2-6H,7-8H2,1H3. The van der Waals surface area contributed by atoms with E-state index in [1.165, 1.54) is 13.2 Å². The van der Waals surface area contributed by atoms with Gasteiger partial charge in [0.2, 0.25) is 0 Å². The molecule has 0 aliphatic heterocycles. The first-order valence-corrected chi connectivity index (χ1v) is 7.33. The van der Waals surface area contributed by atoms with Crippen molar-refractivity contribution in [1.82, 2.24) is 0 Å². The van der Waals surface area contributed by atoms with Crippen LogP contribution < -0.4 is 9.47 Å². The molecular formula is C15H12Cl3FO2. The van der Waals surface area contributed by atoms with Crippen LogP contribution in [0.15, 0.2) is 30.3 Å². The summed E-state index contributed by atoms with van der Waals surface area (Å²) < 4.78 is 24.5. The zero-order chi connectivity index (χ0) is 15.4. The molecule has 0 aliphatic rings. The molecule has 0 bridgehead atoms. The smallest absolute Gasteiger partial charge is 0.180 e. The van der Waals surface area contributed by atoms with Crippen LogP contribution in [0.5, 0.6) is 11.5 Å². The van der Waals surface area contributed by atoms with Crippen LogP contribution in [0.1, 0.15) is 11.1 Å². The monoisotopic (exact) mass is 348 g/mol. The fourth-order valence-corrected chi connectivity index (χ4v) is 2.38. The quantitative estimate of drug-likeness (QED) is 0.667. The first-order valence-electron chi connectivity index (χ1n) is 6.04. The van der Waals surface area contributed by atoms with Gasteiger partial charge in [0.15, 0.2) is 11.5 Å². The van der Waals surface area contributed by atoms with E-state index in [1.807, 2.05) is 0 Å². The molecule has 2 nitrogen and oxygen atoms in total. The van der Waals surface area contributed by atoms with Gasteiger partial charge in [0.05, 0.1) is 12.1 Å². The molecular weight excluding hydrogens is 338 g/mol. The Morgan fingerprint density at radius 2 is 1.90 bits per heavy atom. The molecule has 2 aromatic carbocycles. The predicted octanol–water partition coefficient (Wildman–Crippen LogP) is 5.46. The summed E-state index contributed by atoms with van der Waals surface area (Å²) in [5.74, 6) is 0.673. The van der Waals surface area contributed by atoms with E-state index in [0.29, 0.717) is 33.0 Å². The molecule has 2 aromatic rings. The topological polar surface area (TPSA) is 18.5 Å². The number of hydrogen-bond donors (Lipinski definition) is 0. The minimum atomic E-state index is -0.435. The summed E-state index contributed by atoms with van der Waals surface area (Å²) in [6, 6.07) is 7.80. The Hall–Kier alpha value is -1.16. The molecule has 0 aliphatic carbocycles. The van der Waals surface area contributed by atoms with E-state index in [9.17, 15) is 4.39 Å². The Balaban J connectivity index is 2.23. The zero-order valence-corrected chi connectivity index (χ0v) is 13.4. The average Bonchev–Trinajstić information content (AvgIpc) is 2.46. The largest absolute Gasteiger partial charge is 0.493 e. The summed E-state index contributed by atoms with van der Waals surface area (Å²) in [5, 5.41) is 0.692. The molecule has 112 valence electrons. The van der Waals surface area contributed by atoms with Crippen LogP contribution in [-0.2, 0) is 12.5 Å². The Labute approximate surface area is 137 Å². The van der Waals surface area contributed by atoms with Gasteiger partial charge in [-0.1, -0.05) is 29.3 Å². The second kappa shape index (κ2) is 7.21. The maximum Gasteiger partial charge on any atom is 0.180 e. The van der Waals surface area contributed by atoms with Gasteiger partial charge in [-0.15, -0.1) is 11.6 Å². The average molecular weight is 350 g/mol. The van der Waals surface area contributed by atoms with E-state index in [1.54, 1.807) is 24.3 Å². The highest BCUT2D eigenvalue weighted by molar-refractivity contribution is 6.32. The minimum Gasteiger partial charge on any atom is -0.493 e. The summed E-state index contributed by atoms with van der Waals surface area (Å²) in [5.41, 5.74) is 1.18. The van der Waals surface area contributed by atoms with Gasteiger partial charge >= 0.3 is 0 Å². The first kappa shape index (κ1) is 16.2. The Morgan fingerprint density at radius 1 is 1.14 bits per heavy atom. The lowest BCUT2D eigenvalue weighted by Gasteiger charge is -2.14. The molecule has 0 radical (unpaired) electrons. The van der Waals surface area contributed by atoms with Crippen molar-refractivity contribution in [3.05, 3.63) is 57.3 Å². The summed E-state index contributed by atoms with van der Waals surface area (Å²) in [6.07, 6.45) is 0. The summed E-state index contributed by atoms with van der Waals surface area (Å²) in [7, 11) is 1.50.